The number of anilines is 2. The molecule has 1 aliphatic rings. The Morgan fingerprint density at radius 1 is 0.850 bits per heavy atom. The first-order chi connectivity index (χ1) is 28.9. The number of nitrogens with zero attached hydrogens (tertiary/aromatic N) is 5. The summed E-state index contributed by atoms with van der Waals surface area (Å²) >= 11 is 0. The molecule has 0 bridgehead atoms. The first kappa shape index (κ1) is 41.2. The molecule has 60 heavy (non-hydrogen) atoms. The molecule has 0 atom stereocenters. The van der Waals surface area contributed by atoms with Crippen LogP contribution in [-0.4, -0.2) is 75.5 Å². The summed E-state index contributed by atoms with van der Waals surface area (Å²) in [5.74, 6) is -0.780. The normalized spacial score (nSPS) is 12.8. The van der Waals surface area contributed by atoms with Crippen LogP contribution in [0.1, 0.15) is 74.6 Å². The summed E-state index contributed by atoms with van der Waals surface area (Å²) in [4.78, 5) is 78.4. The van der Waals surface area contributed by atoms with Crippen LogP contribution in [0.4, 0.5) is 15.9 Å². The molecule has 0 unspecified atom stereocenters. The summed E-state index contributed by atoms with van der Waals surface area (Å²) in [7, 11) is 0. The van der Waals surface area contributed by atoms with Gasteiger partial charge in [0.1, 0.15) is 11.6 Å². The molecule has 1 aliphatic heterocycles. The number of amides is 3. The molecule has 14 heteroatoms. The smallest absolute Gasteiger partial charge is 0.272 e. The molecule has 4 heterocycles. The Labute approximate surface area is 346 Å². The molecule has 0 aliphatic carbocycles. The minimum Gasteiger partial charge on any atom is -0.353 e. The van der Waals surface area contributed by atoms with Crippen LogP contribution in [0.25, 0.3) is 21.9 Å². The Hall–Kier alpha value is -6.96. The Bertz CT molecular complexity index is 2740. The maximum atomic E-state index is 15.1. The van der Waals surface area contributed by atoms with E-state index in [-0.39, 0.29) is 35.0 Å². The number of aryl methyl sites for hydroxylation is 2. The molecule has 7 rings (SSSR count). The Morgan fingerprint density at radius 3 is 2.28 bits per heavy atom. The van der Waals surface area contributed by atoms with Crippen LogP contribution < -0.4 is 26.2 Å². The first-order valence-corrected chi connectivity index (χ1v) is 20.0. The van der Waals surface area contributed by atoms with Crippen LogP contribution in [0.2, 0.25) is 0 Å². The topological polar surface area (TPSA) is 164 Å². The summed E-state index contributed by atoms with van der Waals surface area (Å²) in [6.45, 7) is 11.2. The molecule has 308 valence electrons. The summed E-state index contributed by atoms with van der Waals surface area (Å²) in [5, 5.41) is 10.9. The third-order valence-corrected chi connectivity index (χ3v) is 11.1. The van der Waals surface area contributed by atoms with Crippen molar-refractivity contribution in [2.75, 3.05) is 42.5 Å². The molecule has 3 N–H and O–H groups in total. The molecule has 3 aromatic carbocycles. The van der Waals surface area contributed by atoms with E-state index in [1.807, 2.05) is 57.2 Å². The van der Waals surface area contributed by atoms with E-state index in [1.54, 1.807) is 60.2 Å². The van der Waals surface area contributed by atoms with Crippen molar-refractivity contribution in [1.29, 1.82) is 0 Å². The lowest BCUT2D eigenvalue weighted by Gasteiger charge is -2.35. The molecule has 3 amide bonds. The van der Waals surface area contributed by atoms with Crippen LogP contribution in [0.3, 0.4) is 0 Å². The second-order valence-electron chi connectivity index (χ2n) is 15.0. The van der Waals surface area contributed by atoms with Gasteiger partial charge in [-0.05, 0) is 98.5 Å². The number of hydrogen-bond donors (Lipinski definition) is 3. The van der Waals surface area contributed by atoms with Gasteiger partial charge in [0.25, 0.3) is 22.9 Å². The Morgan fingerprint density at radius 2 is 1.60 bits per heavy atom. The van der Waals surface area contributed by atoms with E-state index in [2.05, 4.69) is 25.4 Å². The quantitative estimate of drug-likeness (QED) is 0.144. The van der Waals surface area contributed by atoms with Crippen LogP contribution in [0.15, 0.2) is 88.6 Å². The SMILES string of the molecule is CCC(=O)N(CC)c1cc(-c2ccc(N3CCN(C(=O)c4cc(Cc5n[nH]c(=O)c6ccccc56)ccc4F)CC3)nc2)cc(C(=O)NCc2c(C)cc(C)[nH]c2=O)c1C. The van der Waals surface area contributed by atoms with Gasteiger partial charge in [0.05, 0.1) is 16.6 Å². The number of halogens is 1. The van der Waals surface area contributed by atoms with Crippen molar-refractivity contribution >= 4 is 40.0 Å². The molecule has 0 radical (unpaired) electrons. The molecule has 0 spiro atoms. The van der Waals surface area contributed by atoms with Gasteiger partial charge in [-0.3, -0.25) is 24.0 Å². The number of aromatic amines is 2. The monoisotopic (exact) mass is 810 g/mol. The fourth-order valence-corrected chi connectivity index (χ4v) is 7.82. The van der Waals surface area contributed by atoms with E-state index in [0.717, 1.165) is 16.8 Å². The van der Waals surface area contributed by atoms with Gasteiger partial charge in [0.2, 0.25) is 5.91 Å². The fourth-order valence-electron chi connectivity index (χ4n) is 7.82. The standard InChI is InChI=1S/C46H47FN8O5/c1-6-42(56)55(7-2)40-24-32(23-35(29(40)5)43(57)49-26-37-27(3)20-28(4)50-44(37)58)31-13-15-41(48-25-31)53-16-18-54(19-17-53)46(60)36-21-30(12-14-38(36)47)22-39-33-10-8-9-11-34(33)45(59)52-51-39/h8-15,20-21,23-25H,6-7,16-19,22,26H2,1-5H3,(H,49,57)(H,50,58)(H,52,59). The number of pyridine rings is 2. The number of piperazine rings is 1. The number of fused-ring (bicyclic) bond motifs is 1. The van der Waals surface area contributed by atoms with Gasteiger partial charge in [-0.15, -0.1) is 0 Å². The minimum absolute atomic E-state index is 0.0242. The van der Waals surface area contributed by atoms with Crippen molar-refractivity contribution in [2.45, 2.75) is 54.0 Å². The van der Waals surface area contributed by atoms with E-state index in [4.69, 9.17) is 4.98 Å². The van der Waals surface area contributed by atoms with E-state index in [0.29, 0.717) is 101 Å². The Kier molecular flexibility index (Phi) is 12.0. The maximum absolute atomic E-state index is 15.1. The first-order valence-electron chi connectivity index (χ1n) is 20.0. The van der Waals surface area contributed by atoms with Crippen molar-refractivity contribution in [1.82, 2.24) is 30.4 Å². The summed E-state index contributed by atoms with van der Waals surface area (Å²) in [6, 6.07) is 20.9. The van der Waals surface area contributed by atoms with E-state index in [9.17, 15) is 24.0 Å². The Balaban J connectivity index is 1.07. The molecule has 1 saturated heterocycles. The van der Waals surface area contributed by atoms with Gasteiger partial charge in [0.15, 0.2) is 0 Å². The van der Waals surface area contributed by atoms with Crippen molar-refractivity contribution in [3.05, 3.63) is 150 Å². The van der Waals surface area contributed by atoms with Crippen molar-refractivity contribution in [2.24, 2.45) is 0 Å². The number of H-pyrrole nitrogens is 2. The number of hydrogen-bond acceptors (Lipinski definition) is 8. The number of carbonyl (C=O) groups is 3. The highest BCUT2D eigenvalue weighted by Crippen LogP contribution is 2.32. The molecule has 13 nitrogen and oxygen atoms in total. The van der Waals surface area contributed by atoms with Crippen LogP contribution in [-0.2, 0) is 17.8 Å². The average Bonchev–Trinajstić information content (AvgIpc) is 3.25. The van der Waals surface area contributed by atoms with E-state index < -0.39 is 11.7 Å². The predicted octanol–water partition coefficient (Wildman–Crippen LogP) is 5.98. The molecule has 3 aromatic heterocycles. The maximum Gasteiger partial charge on any atom is 0.272 e. The predicted molar refractivity (Wildman–Crippen MR) is 230 cm³/mol. The second-order valence-corrected chi connectivity index (χ2v) is 15.0. The highest BCUT2D eigenvalue weighted by atomic mass is 19.1. The molecule has 1 fully saturated rings. The highest BCUT2D eigenvalue weighted by Gasteiger charge is 2.26. The minimum atomic E-state index is -0.611. The molecular formula is C46H47FN8O5. The average molecular weight is 811 g/mol. The number of aromatic nitrogens is 4. The second kappa shape index (κ2) is 17.5. The third-order valence-electron chi connectivity index (χ3n) is 11.1. The summed E-state index contributed by atoms with van der Waals surface area (Å²) in [5.41, 5.74) is 5.77. The number of benzene rings is 3. The molecular weight excluding hydrogens is 764 g/mol. The van der Waals surface area contributed by atoms with Gasteiger partial charge < -0.3 is 25.0 Å². The molecule has 0 saturated carbocycles. The van der Waals surface area contributed by atoms with Gasteiger partial charge in [-0.25, -0.2) is 14.5 Å². The van der Waals surface area contributed by atoms with Gasteiger partial charge >= 0.3 is 0 Å². The van der Waals surface area contributed by atoms with Gasteiger partial charge in [-0.1, -0.05) is 31.2 Å². The van der Waals surface area contributed by atoms with Gasteiger partial charge in [0, 0.05) is 91.8 Å². The third kappa shape index (κ3) is 8.44. The van der Waals surface area contributed by atoms with E-state index >= 15 is 4.39 Å². The number of rotatable bonds is 11. The van der Waals surface area contributed by atoms with Crippen LogP contribution >= 0.6 is 0 Å². The summed E-state index contributed by atoms with van der Waals surface area (Å²) in [6.07, 6.45) is 2.31. The number of nitrogens with one attached hydrogen (secondary N) is 3. The lowest BCUT2D eigenvalue weighted by atomic mass is 9.97. The largest absolute Gasteiger partial charge is 0.353 e. The lowest BCUT2D eigenvalue weighted by molar-refractivity contribution is -0.118. The highest BCUT2D eigenvalue weighted by molar-refractivity contribution is 6.02. The number of carbonyl (C=O) groups excluding carboxylic acids is 3. The van der Waals surface area contributed by atoms with Gasteiger partial charge in [-0.2, -0.15) is 5.10 Å². The fraction of sp³-hybridized carbons (Fsp3) is 0.283. The van der Waals surface area contributed by atoms with Crippen molar-refractivity contribution in [3.8, 4) is 11.1 Å². The summed E-state index contributed by atoms with van der Waals surface area (Å²) < 4.78 is 15.1. The lowest BCUT2D eigenvalue weighted by Crippen LogP contribution is -2.49. The molecule has 6 aromatic rings. The zero-order valence-corrected chi connectivity index (χ0v) is 34.3. The van der Waals surface area contributed by atoms with Crippen molar-refractivity contribution in [3.63, 3.8) is 0 Å². The zero-order valence-electron chi connectivity index (χ0n) is 34.3. The van der Waals surface area contributed by atoms with E-state index in [1.165, 1.54) is 6.07 Å². The van der Waals surface area contributed by atoms with Crippen molar-refractivity contribution < 1.29 is 18.8 Å². The zero-order chi connectivity index (χ0) is 42.7. The van der Waals surface area contributed by atoms with Crippen LogP contribution in [0.5, 0.6) is 0 Å². The van der Waals surface area contributed by atoms with Crippen LogP contribution in [0, 0.1) is 26.6 Å².